The Morgan fingerprint density at radius 1 is 1.21 bits per heavy atom. The van der Waals surface area contributed by atoms with Gasteiger partial charge in [-0.15, -0.1) is 24.0 Å². The van der Waals surface area contributed by atoms with E-state index in [0.29, 0.717) is 25.0 Å². The van der Waals surface area contributed by atoms with Crippen molar-refractivity contribution in [3.05, 3.63) is 12.2 Å². The van der Waals surface area contributed by atoms with Gasteiger partial charge >= 0.3 is 6.18 Å². The van der Waals surface area contributed by atoms with Gasteiger partial charge in [-0.05, 0) is 51.1 Å². The van der Waals surface area contributed by atoms with Crippen LogP contribution in [-0.2, 0) is 0 Å². The number of piperidine rings is 1. The van der Waals surface area contributed by atoms with E-state index in [1.54, 1.807) is 7.05 Å². The normalized spacial score (nSPS) is 20.9. The maximum Gasteiger partial charge on any atom is 0.401 e. The first kappa shape index (κ1) is 21.5. The minimum Gasteiger partial charge on any atom is -0.356 e. The van der Waals surface area contributed by atoms with Crippen molar-refractivity contribution >= 4 is 29.9 Å². The van der Waals surface area contributed by atoms with Gasteiger partial charge in [0.25, 0.3) is 0 Å². The summed E-state index contributed by atoms with van der Waals surface area (Å²) in [6.07, 6.45) is 4.97. The number of rotatable bonds is 5. The Morgan fingerprint density at radius 3 is 2.38 bits per heavy atom. The number of hydrogen-bond donors (Lipinski definition) is 2. The van der Waals surface area contributed by atoms with Crippen LogP contribution in [0.25, 0.3) is 0 Å². The van der Waals surface area contributed by atoms with E-state index in [9.17, 15) is 13.2 Å². The van der Waals surface area contributed by atoms with Gasteiger partial charge in [0.15, 0.2) is 5.96 Å². The lowest BCUT2D eigenvalue weighted by Crippen LogP contribution is -2.44. The lowest BCUT2D eigenvalue weighted by atomic mass is 9.93. The average Bonchev–Trinajstić information content (AvgIpc) is 2.99. The largest absolute Gasteiger partial charge is 0.401 e. The molecule has 0 aromatic rings. The minimum atomic E-state index is -4.08. The maximum absolute atomic E-state index is 12.4. The highest BCUT2D eigenvalue weighted by atomic mass is 127. The summed E-state index contributed by atoms with van der Waals surface area (Å²) in [6.45, 7) is 1.13. The van der Waals surface area contributed by atoms with Gasteiger partial charge in [-0.3, -0.25) is 9.89 Å². The average molecular weight is 460 g/mol. The van der Waals surface area contributed by atoms with Crippen LogP contribution >= 0.6 is 24.0 Å². The smallest absolute Gasteiger partial charge is 0.356 e. The number of nitrogens with zero attached hydrogens (tertiary/aromatic N) is 2. The fourth-order valence-electron chi connectivity index (χ4n) is 3.20. The molecule has 0 saturated carbocycles. The van der Waals surface area contributed by atoms with Crippen molar-refractivity contribution in [2.24, 2.45) is 10.9 Å². The van der Waals surface area contributed by atoms with Gasteiger partial charge in [0.05, 0.1) is 6.54 Å². The Bertz CT molecular complexity index is 410. The number of hydrogen-bond acceptors (Lipinski definition) is 2. The molecule has 1 saturated heterocycles. The predicted octanol–water partition coefficient (Wildman–Crippen LogP) is 3.15. The lowest BCUT2D eigenvalue weighted by Gasteiger charge is -2.32. The fraction of sp³-hybridized carbons (Fsp3) is 0.812. The minimum absolute atomic E-state index is 0. The summed E-state index contributed by atoms with van der Waals surface area (Å²) in [5, 5.41) is 6.69. The molecule has 2 rings (SSSR count). The number of likely N-dealkylation sites (tertiary alicyclic amines) is 1. The summed E-state index contributed by atoms with van der Waals surface area (Å²) in [5.74, 6) is 1.31. The molecule has 0 atom stereocenters. The van der Waals surface area contributed by atoms with Crippen molar-refractivity contribution in [2.45, 2.75) is 44.3 Å². The molecule has 2 N–H and O–H groups in total. The molecule has 0 aromatic heterocycles. The second-order valence-electron chi connectivity index (χ2n) is 6.41. The van der Waals surface area contributed by atoms with Crippen molar-refractivity contribution in [1.29, 1.82) is 0 Å². The zero-order valence-electron chi connectivity index (χ0n) is 14.1. The van der Waals surface area contributed by atoms with E-state index in [0.717, 1.165) is 44.6 Å². The summed E-state index contributed by atoms with van der Waals surface area (Å²) in [7, 11) is 1.76. The van der Waals surface area contributed by atoms with E-state index in [1.165, 1.54) is 4.90 Å². The number of alkyl halides is 3. The molecule has 0 amide bonds. The van der Waals surface area contributed by atoms with Gasteiger partial charge in [-0.2, -0.15) is 13.2 Å². The van der Waals surface area contributed by atoms with Crippen LogP contribution in [0.3, 0.4) is 0 Å². The van der Waals surface area contributed by atoms with Crippen molar-refractivity contribution in [3.63, 3.8) is 0 Å². The Hall–Kier alpha value is -0.510. The Balaban J connectivity index is 0.00000288. The molecule has 0 aromatic carbocycles. The van der Waals surface area contributed by atoms with Crippen molar-refractivity contribution in [3.8, 4) is 0 Å². The molecule has 8 heteroatoms. The van der Waals surface area contributed by atoms with Gasteiger partial charge < -0.3 is 10.6 Å². The number of nitrogens with one attached hydrogen (secondary N) is 2. The second kappa shape index (κ2) is 10.5. The SMILES string of the molecule is CN=C(NCCC1CCN(CC(F)(F)F)CC1)NC1CC=CC1.I. The molecule has 1 fully saturated rings. The van der Waals surface area contributed by atoms with Gasteiger partial charge in [0.2, 0.25) is 0 Å². The van der Waals surface area contributed by atoms with Crippen molar-refractivity contribution < 1.29 is 13.2 Å². The molecule has 0 bridgehead atoms. The number of halogens is 4. The summed E-state index contributed by atoms with van der Waals surface area (Å²) in [6, 6.07) is 0.423. The van der Waals surface area contributed by atoms with Crippen LogP contribution in [0, 0.1) is 5.92 Å². The molecule has 4 nitrogen and oxygen atoms in total. The molecular formula is C16H28F3IN4. The first-order valence-corrected chi connectivity index (χ1v) is 8.37. The van der Waals surface area contributed by atoms with E-state index >= 15 is 0 Å². The highest BCUT2D eigenvalue weighted by Crippen LogP contribution is 2.23. The predicted molar refractivity (Wildman–Crippen MR) is 102 cm³/mol. The Kier molecular flexibility index (Phi) is 9.40. The summed E-state index contributed by atoms with van der Waals surface area (Å²) < 4.78 is 37.1. The Labute approximate surface area is 159 Å². The van der Waals surface area contributed by atoms with E-state index in [-0.39, 0.29) is 24.0 Å². The van der Waals surface area contributed by atoms with Crippen LogP contribution < -0.4 is 10.6 Å². The third kappa shape index (κ3) is 8.04. The van der Waals surface area contributed by atoms with Gasteiger partial charge in [0, 0.05) is 19.6 Å². The van der Waals surface area contributed by atoms with Gasteiger partial charge in [-0.1, -0.05) is 12.2 Å². The highest BCUT2D eigenvalue weighted by molar-refractivity contribution is 14.0. The van der Waals surface area contributed by atoms with Crippen molar-refractivity contribution in [2.75, 3.05) is 33.2 Å². The third-order valence-electron chi connectivity index (χ3n) is 4.53. The number of guanidine groups is 1. The second-order valence-corrected chi connectivity index (χ2v) is 6.41. The molecule has 0 unspecified atom stereocenters. The fourth-order valence-corrected chi connectivity index (χ4v) is 3.20. The molecule has 1 aliphatic heterocycles. The first-order chi connectivity index (χ1) is 11.0. The first-order valence-electron chi connectivity index (χ1n) is 8.37. The van der Waals surface area contributed by atoms with Crippen LogP contribution in [-0.4, -0.2) is 56.3 Å². The molecule has 24 heavy (non-hydrogen) atoms. The van der Waals surface area contributed by atoms with E-state index < -0.39 is 12.7 Å². The van der Waals surface area contributed by atoms with Crippen molar-refractivity contribution in [1.82, 2.24) is 15.5 Å². The highest BCUT2D eigenvalue weighted by Gasteiger charge is 2.32. The van der Waals surface area contributed by atoms with Crippen LogP contribution in [0.2, 0.25) is 0 Å². The summed E-state index contributed by atoms with van der Waals surface area (Å²) in [4.78, 5) is 5.73. The number of aliphatic imine (C=N–C) groups is 1. The molecular weight excluding hydrogens is 432 g/mol. The van der Waals surface area contributed by atoms with Crippen LogP contribution in [0.15, 0.2) is 17.1 Å². The lowest BCUT2D eigenvalue weighted by molar-refractivity contribution is -0.148. The molecule has 2 aliphatic rings. The third-order valence-corrected chi connectivity index (χ3v) is 4.53. The van der Waals surface area contributed by atoms with E-state index in [4.69, 9.17) is 0 Å². The van der Waals surface area contributed by atoms with E-state index in [1.807, 2.05) is 0 Å². The van der Waals surface area contributed by atoms with Gasteiger partial charge in [0.1, 0.15) is 0 Å². The molecule has 0 radical (unpaired) electrons. The maximum atomic E-state index is 12.4. The molecule has 0 spiro atoms. The van der Waals surface area contributed by atoms with Crippen LogP contribution in [0.5, 0.6) is 0 Å². The van der Waals surface area contributed by atoms with Gasteiger partial charge in [-0.25, -0.2) is 0 Å². The zero-order chi connectivity index (χ0) is 16.7. The summed E-state index contributed by atoms with van der Waals surface area (Å²) in [5.41, 5.74) is 0. The molecule has 1 aliphatic carbocycles. The topological polar surface area (TPSA) is 39.7 Å². The van der Waals surface area contributed by atoms with Crippen LogP contribution in [0.4, 0.5) is 13.2 Å². The quantitative estimate of drug-likeness (QED) is 0.287. The van der Waals surface area contributed by atoms with E-state index in [2.05, 4.69) is 27.8 Å². The molecule has 1 heterocycles. The standard InChI is InChI=1S/C16H27F3N4.HI/c1-20-15(22-14-4-2-3-5-14)21-9-6-13-7-10-23(11-8-13)12-16(17,18)19;/h2-3,13-14H,4-12H2,1H3,(H2,20,21,22);1H. The van der Waals surface area contributed by atoms with Crippen LogP contribution in [0.1, 0.15) is 32.1 Å². The summed E-state index contributed by atoms with van der Waals surface area (Å²) >= 11 is 0. The Morgan fingerprint density at radius 2 is 1.83 bits per heavy atom. The monoisotopic (exact) mass is 460 g/mol. The molecule has 140 valence electrons. The zero-order valence-corrected chi connectivity index (χ0v) is 16.4.